The fourth-order valence-corrected chi connectivity index (χ4v) is 1.53. The minimum Gasteiger partial charge on any atom is -0.469 e. The number of nitrogens with zero attached hydrogens (tertiary/aromatic N) is 3. The summed E-state index contributed by atoms with van der Waals surface area (Å²) < 4.78 is 9.74. The third-order valence-electron chi connectivity index (χ3n) is 2.75. The van der Waals surface area contributed by atoms with Gasteiger partial charge >= 0.3 is 5.97 Å². The zero-order valence-corrected chi connectivity index (χ0v) is 10.2. The molecule has 0 amide bonds. The molecular formula is C11H17N3O3. The van der Waals surface area contributed by atoms with Crippen molar-refractivity contribution >= 4 is 5.97 Å². The molecule has 0 spiro atoms. The van der Waals surface area contributed by atoms with Crippen LogP contribution in [0.5, 0.6) is 0 Å². The molecule has 94 valence electrons. The highest BCUT2D eigenvalue weighted by molar-refractivity contribution is 5.69. The average molecular weight is 239 g/mol. The highest BCUT2D eigenvalue weighted by atomic mass is 16.5. The van der Waals surface area contributed by atoms with Gasteiger partial charge in [0.2, 0.25) is 5.89 Å². The van der Waals surface area contributed by atoms with Crippen molar-refractivity contribution in [1.82, 2.24) is 15.0 Å². The van der Waals surface area contributed by atoms with Crippen molar-refractivity contribution in [3.8, 4) is 0 Å². The van der Waals surface area contributed by atoms with Crippen molar-refractivity contribution in [1.29, 1.82) is 0 Å². The summed E-state index contributed by atoms with van der Waals surface area (Å²) in [6.45, 7) is 1.22. The van der Waals surface area contributed by atoms with Gasteiger partial charge in [-0.1, -0.05) is 5.16 Å². The second kappa shape index (κ2) is 5.27. The van der Waals surface area contributed by atoms with E-state index in [-0.39, 0.29) is 5.97 Å². The topological polar surface area (TPSA) is 68.5 Å². The van der Waals surface area contributed by atoms with E-state index in [1.807, 2.05) is 11.9 Å². The monoisotopic (exact) mass is 239 g/mol. The van der Waals surface area contributed by atoms with Crippen LogP contribution < -0.4 is 0 Å². The van der Waals surface area contributed by atoms with Crippen LogP contribution in [0, 0.1) is 0 Å². The normalized spacial score (nSPS) is 15.2. The molecule has 0 saturated heterocycles. The van der Waals surface area contributed by atoms with E-state index in [0.717, 1.165) is 18.7 Å². The molecule has 0 aliphatic heterocycles. The van der Waals surface area contributed by atoms with Gasteiger partial charge < -0.3 is 9.26 Å². The van der Waals surface area contributed by atoms with E-state index in [1.165, 1.54) is 7.11 Å². The zero-order valence-electron chi connectivity index (χ0n) is 10.2. The molecule has 1 aromatic rings. The number of carbonyl (C=O) groups excluding carboxylic acids is 1. The first-order chi connectivity index (χ1) is 8.19. The van der Waals surface area contributed by atoms with Gasteiger partial charge in [0.1, 0.15) is 0 Å². The van der Waals surface area contributed by atoms with Gasteiger partial charge in [-0.15, -0.1) is 0 Å². The number of aromatic nitrogens is 2. The maximum atomic E-state index is 11.0. The molecule has 1 heterocycles. The summed E-state index contributed by atoms with van der Waals surface area (Å²) >= 11 is 0. The Balaban J connectivity index is 1.76. The maximum absolute atomic E-state index is 11.0. The molecule has 0 bridgehead atoms. The quantitative estimate of drug-likeness (QED) is 0.688. The molecule has 17 heavy (non-hydrogen) atoms. The molecule has 1 aliphatic rings. The van der Waals surface area contributed by atoms with Gasteiger partial charge in [0.15, 0.2) is 5.82 Å². The number of carbonyl (C=O) groups is 1. The summed E-state index contributed by atoms with van der Waals surface area (Å²) in [6, 6.07) is 0. The molecule has 1 aromatic heterocycles. The Kier molecular flexibility index (Phi) is 3.73. The third kappa shape index (κ3) is 3.52. The van der Waals surface area contributed by atoms with Crippen LogP contribution in [0.25, 0.3) is 0 Å². The SMILES string of the molecule is COC(=O)CCN(C)Cc1noc(C2CC2)n1. The van der Waals surface area contributed by atoms with E-state index < -0.39 is 0 Å². The lowest BCUT2D eigenvalue weighted by atomic mass is 10.4. The van der Waals surface area contributed by atoms with E-state index in [9.17, 15) is 4.79 Å². The lowest BCUT2D eigenvalue weighted by Crippen LogP contribution is -2.22. The predicted octanol–water partition coefficient (Wildman–Crippen LogP) is 0.942. The van der Waals surface area contributed by atoms with Crippen molar-refractivity contribution in [2.45, 2.75) is 31.7 Å². The molecule has 2 rings (SSSR count). The summed E-state index contributed by atoms with van der Waals surface area (Å²) in [7, 11) is 3.31. The highest BCUT2D eigenvalue weighted by Crippen LogP contribution is 2.38. The van der Waals surface area contributed by atoms with Crippen molar-refractivity contribution in [2.24, 2.45) is 0 Å². The summed E-state index contributed by atoms with van der Waals surface area (Å²) in [4.78, 5) is 17.3. The molecule has 1 fully saturated rings. The van der Waals surface area contributed by atoms with Crippen molar-refractivity contribution in [2.75, 3.05) is 20.7 Å². The standard InChI is InChI=1S/C11H17N3O3/c1-14(6-5-10(15)16-2)7-9-12-11(17-13-9)8-3-4-8/h8H,3-7H2,1-2H3. The Hall–Kier alpha value is -1.43. The lowest BCUT2D eigenvalue weighted by molar-refractivity contribution is -0.140. The molecule has 0 unspecified atom stereocenters. The molecule has 0 radical (unpaired) electrons. The largest absolute Gasteiger partial charge is 0.469 e. The van der Waals surface area contributed by atoms with E-state index in [4.69, 9.17) is 4.52 Å². The molecule has 0 aromatic carbocycles. The van der Waals surface area contributed by atoms with Crippen LogP contribution in [0.1, 0.15) is 36.9 Å². The van der Waals surface area contributed by atoms with Crippen LogP contribution in [-0.2, 0) is 16.1 Å². The van der Waals surface area contributed by atoms with Gasteiger partial charge in [0, 0.05) is 12.5 Å². The fourth-order valence-electron chi connectivity index (χ4n) is 1.53. The maximum Gasteiger partial charge on any atom is 0.306 e. The number of rotatable bonds is 6. The Morgan fingerprint density at radius 1 is 1.59 bits per heavy atom. The highest BCUT2D eigenvalue weighted by Gasteiger charge is 2.29. The second-order valence-electron chi connectivity index (χ2n) is 4.39. The van der Waals surface area contributed by atoms with Crippen LogP contribution in [0.4, 0.5) is 0 Å². The number of esters is 1. The van der Waals surface area contributed by atoms with E-state index in [0.29, 0.717) is 31.3 Å². The molecule has 0 N–H and O–H groups in total. The van der Waals surface area contributed by atoms with Crippen LogP contribution in [0.3, 0.4) is 0 Å². The molecule has 1 aliphatic carbocycles. The molecule has 0 atom stereocenters. The van der Waals surface area contributed by atoms with Gasteiger partial charge in [0.05, 0.1) is 20.1 Å². The van der Waals surface area contributed by atoms with Gasteiger partial charge in [-0.05, 0) is 19.9 Å². The summed E-state index contributed by atoms with van der Waals surface area (Å²) in [5, 5.41) is 3.92. The van der Waals surface area contributed by atoms with Crippen LogP contribution >= 0.6 is 0 Å². The predicted molar refractivity (Wildman–Crippen MR) is 59.2 cm³/mol. The van der Waals surface area contributed by atoms with E-state index >= 15 is 0 Å². The molecule has 1 saturated carbocycles. The Labute approximate surface area is 99.9 Å². The second-order valence-corrected chi connectivity index (χ2v) is 4.39. The van der Waals surface area contributed by atoms with E-state index in [2.05, 4.69) is 14.9 Å². The third-order valence-corrected chi connectivity index (χ3v) is 2.75. The van der Waals surface area contributed by atoms with Gasteiger partial charge in [0.25, 0.3) is 0 Å². The Morgan fingerprint density at radius 3 is 3.00 bits per heavy atom. The minimum absolute atomic E-state index is 0.205. The zero-order chi connectivity index (χ0) is 12.3. The minimum atomic E-state index is -0.205. The van der Waals surface area contributed by atoms with Crippen molar-refractivity contribution in [3.63, 3.8) is 0 Å². The number of hydrogen-bond donors (Lipinski definition) is 0. The van der Waals surface area contributed by atoms with Gasteiger partial charge in [-0.3, -0.25) is 9.69 Å². The number of methoxy groups -OCH3 is 1. The molecular weight excluding hydrogens is 222 g/mol. The van der Waals surface area contributed by atoms with E-state index in [1.54, 1.807) is 0 Å². The number of hydrogen-bond acceptors (Lipinski definition) is 6. The average Bonchev–Trinajstić information content (AvgIpc) is 3.08. The van der Waals surface area contributed by atoms with Crippen LogP contribution in [0.2, 0.25) is 0 Å². The van der Waals surface area contributed by atoms with Crippen LogP contribution in [-0.4, -0.2) is 41.7 Å². The lowest BCUT2D eigenvalue weighted by Gasteiger charge is -2.12. The smallest absolute Gasteiger partial charge is 0.306 e. The van der Waals surface area contributed by atoms with Crippen molar-refractivity contribution in [3.05, 3.63) is 11.7 Å². The number of ether oxygens (including phenoxy) is 1. The Bertz CT molecular complexity index is 387. The Morgan fingerprint density at radius 2 is 2.35 bits per heavy atom. The first kappa shape index (κ1) is 12.0. The molecule has 6 heteroatoms. The summed E-state index contributed by atoms with van der Waals surface area (Å²) in [6.07, 6.45) is 2.68. The fraction of sp³-hybridized carbons (Fsp3) is 0.727. The van der Waals surface area contributed by atoms with Gasteiger partial charge in [-0.2, -0.15) is 4.98 Å². The summed E-state index contributed by atoms with van der Waals surface area (Å²) in [5.74, 6) is 1.71. The first-order valence-corrected chi connectivity index (χ1v) is 5.77. The first-order valence-electron chi connectivity index (χ1n) is 5.77. The summed E-state index contributed by atoms with van der Waals surface area (Å²) in [5.41, 5.74) is 0. The molecule has 6 nitrogen and oxygen atoms in total. The van der Waals surface area contributed by atoms with Crippen LogP contribution in [0.15, 0.2) is 4.52 Å². The van der Waals surface area contributed by atoms with Gasteiger partial charge in [-0.25, -0.2) is 0 Å². The van der Waals surface area contributed by atoms with Crippen molar-refractivity contribution < 1.29 is 14.1 Å².